The lowest BCUT2D eigenvalue weighted by atomic mass is 10.0. The van der Waals surface area contributed by atoms with E-state index in [9.17, 15) is 5.11 Å². The van der Waals surface area contributed by atoms with Crippen molar-refractivity contribution >= 4 is 0 Å². The van der Waals surface area contributed by atoms with Crippen LogP contribution in [-0.4, -0.2) is 19.3 Å². The van der Waals surface area contributed by atoms with E-state index < -0.39 is 6.10 Å². The molecule has 1 aromatic heterocycles. The highest BCUT2D eigenvalue weighted by Gasteiger charge is 2.19. The van der Waals surface area contributed by atoms with Gasteiger partial charge in [0.15, 0.2) is 11.5 Å². The lowest BCUT2D eigenvalue weighted by molar-refractivity contribution is 0.185. The molecule has 0 fully saturated rings. The molecule has 1 aromatic carbocycles. The number of methoxy groups -OCH3 is 2. The molecule has 0 aliphatic rings. The van der Waals surface area contributed by atoms with Gasteiger partial charge in [0, 0.05) is 6.42 Å². The zero-order valence-electron chi connectivity index (χ0n) is 12.3. The average Bonchev–Trinajstić information content (AvgIpc) is 2.95. The van der Waals surface area contributed by atoms with Gasteiger partial charge in [-0.05, 0) is 42.3 Å². The van der Waals surface area contributed by atoms with Gasteiger partial charge in [0.1, 0.15) is 17.6 Å². The third-order valence-corrected chi connectivity index (χ3v) is 3.37. The third-order valence-electron chi connectivity index (χ3n) is 3.37. The second-order valence-corrected chi connectivity index (χ2v) is 4.62. The van der Waals surface area contributed by atoms with E-state index in [2.05, 4.69) is 0 Å². The monoisotopic (exact) mass is 276 g/mol. The Morgan fingerprint density at radius 2 is 1.80 bits per heavy atom. The van der Waals surface area contributed by atoms with Crippen molar-refractivity contribution in [2.75, 3.05) is 14.2 Å². The van der Waals surface area contributed by atoms with E-state index in [4.69, 9.17) is 13.9 Å². The highest BCUT2D eigenvalue weighted by Crippen LogP contribution is 2.35. The van der Waals surface area contributed by atoms with Gasteiger partial charge in [-0.15, -0.1) is 0 Å². The van der Waals surface area contributed by atoms with Crippen LogP contribution in [0.3, 0.4) is 0 Å². The van der Waals surface area contributed by atoms with Gasteiger partial charge in [0.25, 0.3) is 0 Å². The Morgan fingerprint density at radius 3 is 2.35 bits per heavy atom. The second kappa shape index (κ2) is 6.01. The van der Waals surface area contributed by atoms with Crippen LogP contribution < -0.4 is 9.47 Å². The van der Waals surface area contributed by atoms with Crippen LogP contribution in [0.2, 0.25) is 0 Å². The summed E-state index contributed by atoms with van der Waals surface area (Å²) in [4.78, 5) is 0. The van der Waals surface area contributed by atoms with E-state index in [0.29, 0.717) is 17.3 Å². The smallest absolute Gasteiger partial charge is 0.161 e. The van der Waals surface area contributed by atoms with Crippen molar-refractivity contribution < 1.29 is 19.0 Å². The molecule has 0 spiro atoms. The first-order valence-electron chi connectivity index (χ1n) is 6.59. The normalized spacial score (nSPS) is 12.2. The average molecular weight is 276 g/mol. The molecule has 4 heteroatoms. The highest BCUT2D eigenvalue weighted by molar-refractivity contribution is 5.48. The number of hydrogen-bond donors (Lipinski definition) is 1. The van der Waals surface area contributed by atoms with Gasteiger partial charge < -0.3 is 19.0 Å². The van der Waals surface area contributed by atoms with Crippen molar-refractivity contribution in [2.45, 2.75) is 26.4 Å². The number of aryl methyl sites for hydroxylation is 2. The molecule has 20 heavy (non-hydrogen) atoms. The summed E-state index contributed by atoms with van der Waals surface area (Å²) in [6, 6.07) is 7.32. The molecule has 2 rings (SSSR count). The Labute approximate surface area is 118 Å². The molecule has 0 bridgehead atoms. The number of rotatable bonds is 5. The fourth-order valence-corrected chi connectivity index (χ4v) is 2.18. The summed E-state index contributed by atoms with van der Waals surface area (Å²) < 4.78 is 16.1. The molecule has 1 unspecified atom stereocenters. The summed E-state index contributed by atoms with van der Waals surface area (Å²) in [5.41, 5.74) is 1.67. The Hall–Kier alpha value is -1.94. The molecule has 0 saturated heterocycles. The van der Waals surface area contributed by atoms with Crippen LogP contribution in [0.1, 0.15) is 35.7 Å². The molecule has 1 heterocycles. The predicted molar refractivity (Wildman–Crippen MR) is 76.4 cm³/mol. The fourth-order valence-electron chi connectivity index (χ4n) is 2.18. The summed E-state index contributed by atoms with van der Waals surface area (Å²) in [6.45, 7) is 3.93. The van der Waals surface area contributed by atoms with Crippen molar-refractivity contribution in [2.24, 2.45) is 0 Å². The Morgan fingerprint density at radius 1 is 1.15 bits per heavy atom. The van der Waals surface area contributed by atoms with Crippen LogP contribution in [0.15, 0.2) is 28.7 Å². The number of aliphatic hydroxyl groups is 1. The predicted octanol–water partition coefficient (Wildman–Crippen LogP) is 3.25. The van der Waals surface area contributed by atoms with Gasteiger partial charge in [-0.3, -0.25) is 0 Å². The van der Waals surface area contributed by atoms with Gasteiger partial charge in [-0.1, -0.05) is 6.92 Å². The van der Waals surface area contributed by atoms with Crippen molar-refractivity contribution in [3.8, 4) is 11.5 Å². The topological polar surface area (TPSA) is 51.8 Å². The first-order chi connectivity index (χ1) is 9.60. The molecule has 1 atom stereocenters. The maximum Gasteiger partial charge on any atom is 0.161 e. The van der Waals surface area contributed by atoms with Crippen molar-refractivity contribution in [1.29, 1.82) is 0 Å². The summed E-state index contributed by atoms with van der Waals surface area (Å²) in [5, 5.41) is 10.5. The van der Waals surface area contributed by atoms with E-state index in [0.717, 1.165) is 23.3 Å². The lowest BCUT2D eigenvalue weighted by Gasteiger charge is -2.15. The molecular formula is C16H20O4. The molecule has 4 nitrogen and oxygen atoms in total. The van der Waals surface area contributed by atoms with E-state index in [1.165, 1.54) is 0 Å². The molecule has 2 aromatic rings. The van der Waals surface area contributed by atoms with E-state index in [-0.39, 0.29) is 0 Å². The molecular weight excluding hydrogens is 256 g/mol. The minimum absolute atomic E-state index is 0.539. The quantitative estimate of drug-likeness (QED) is 0.910. The Balaban J connectivity index is 2.40. The van der Waals surface area contributed by atoms with Crippen molar-refractivity contribution in [1.82, 2.24) is 0 Å². The minimum Gasteiger partial charge on any atom is -0.493 e. The summed E-state index contributed by atoms with van der Waals surface area (Å²) >= 11 is 0. The number of benzene rings is 1. The second-order valence-electron chi connectivity index (χ2n) is 4.62. The van der Waals surface area contributed by atoms with Crippen molar-refractivity contribution in [3.05, 3.63) is 46.9 Å². The SMILES string of the molecule is CCc1ccc(C(O)c2cc(OC)c(OC)cc2C)o1. The molecule has 0 radical (unpaired) electrons. The molecule has 0 aliphatic carbocycles. The zero-order chi connectivity index (χ0) is 14.7. The third kappa shape index (κ3) is 2.65. The summed E-state index contributed by atoms with van der Waals surface area (Å²) in [7, 11) is 3.17. The van der Waals surface area contributed by atoms with Gasteiger partial charge in [0.05, 0.1) is 14.2 Å². The van der Waals surface area contributed by atoms with Crippen LogP contribution in [-0.2, 0) is 6.42 Å². The first-order valence-corrected chi connectivity index (χ1v) is 6.59. The largest absolute Gasteiger partial charge is 0.493 e. The van der Waals surface area contributed by atoms with Crippen molar-refractivity contribution in [3.63, 3.8) is 0 Å². The molecule has 0 saturated carbocycles. The first kappa shape index (κ1) is 14.5. The molecule has 0 amide bonds. The van der Waals surface area contributed by atoms with Crippen LogP contribution in [0.4, 0.5) is 0 Å². The van der Waals surface area contributed by atoms with Crippen LogP contribution >= 0.6 is 0 Å². The van der Waals surface area contributed by atoms with E-state index in [1.807, 2.05) is 26.0 Å². The van der Waals surface area contributed by atoms with Gasteiger partial charge in [-0.25, -0.2) is 0 Å². The minimum atomic E-state index is -0.810. The summed E-state index contributed by atoms with van der Waals surface area (Å²) in [6.07, 6.45) is -0.00688. The van der Waals surface area contributed by atoms with E-state index >= 15 is 0 Å². The van der Waals surface area contributed by atoms with Gasteiger partial charge in [0.2, 0.25) is 0 Å². The van der Waals surface area contributed by atoms with Gasteiger partial charge in [-0.2, -0.15) is 0 Å². The number of aliphatic hydroxyl groups excluding tert-OH is 1. The summed E-state index contributed by atoms with van der Waals surface area (Å²) in [5.74, 6) is 2.64. The Bertz CT molecular complexity index is 586. The zero-order valence-corrected chi connectivity index (χ0v) is 12.3. The maximum atomic E-state index is 10.5. The number of ether oxygens (including phenoxy) is 2. The van der Waals surface area contributed by atoms with Crippen LogP contribution in [0.5, 0.6) is 11.5 Å². The Kier molecular flexibility index (Phi) is 4.35. The number of furan rings is 1. The fraction of sp³-hybridized carbons (Fsp3) is 0.375. The van der Waals surface area contributed by atoms with E-state index in [1.54, 1.807) is 26.4 Å². The van der Waals surface area contributed by atoms with Crippen LogP contribution in [0.25, 0.3) is 0 Å². The lowest BCUT2D eigenvalue weighted by Crippen LogP contribution is -2.03. The standard InChI is InChI=1S/C16H20O4/c1-5-11-6-7-13(20-11)16(17)12-9-15(19-4)14(18-3)8-10(12)2/h6-9,16-17H,5H2,1-4H3. The van der Waals surface area contributed by atoms with Crippen LogP contribution in [0, 0.1) is 6.92 Å². The molecule has 108 valence electrons. The molecule has 1 N–H and O–H groups in total. The molecule has 0 aliphatic heterocycles. The van der Waals surface area contributed by atoms with Gasteiger partial charge >= 0.3 is 0 Å². The maximum absolute atomic E-state index is 10.5. The highest BCUT2D eigenvalue weighted by atomic mass is 16.5. The number of hydrogen-bond acceptors (Lipinski definition) is 4.